The third-order valence-electron chi connectivity index (χ3n) is 3.07. The zero-order valence-electron chi connectivity index (χ0n) is 12.3. The number of rotatable bonds is 7. The number of fused-ring (bicyclic) bond motifs is 1. The lowest BCUT2D eigenvalue weighted by Crippen LogP contribution is -2.15. The summed E-state index contributed by atoms with van der Waals surface area (Å²) in [4.78, 5) is 4.67. The van der Waals surface area contributed by atoms with Crippen LogP contribution in [0.2, 0.25) is 0 Å². The molecular formula is C16H22N2O2. The van der Waals surface area contributed by atoms with E-state index in [0.717, 1.165) is 28.8 Å². The minimum absolute atomic E-state index is 0.0703. The summed E-state index contributed by atoms with van der Waals surface area (Å²) < 4.78 is 10.9. The van der Waals surface area contributed by atoms with Crippen molar-refractivity contribution >= 4 is 16.7 Å². The lowest BCUT2D eigenvalue weighted by molar-refractivity contribution is 0.0000375. The number of nitrogens with one attached hydrogen (secondary N) is 1. The number of benzene rings is 1. The van der Waals surface area contributed by atoms with Gasteiger partial charge >= 0.3 is 0 Å². The van der Waals surface area contributed by atoms with Crippen LogP contribution in [0.25, 0.3) is 10.9 Å². The highest BCUT2D eigenvalue weighted by molar-refractivity contribution is 5.81. The van der Waals surface area contributed by atoms with Crippen molar-refractivity contribution in [3.63, 3.8) is 0 Å². The molecule has 4 nitrogen and oxygen atoms in total. The van der Waals surface area contributed by atoms with Crippen LogP contribution in [0.1, 0.15) is 19.4 Å². The Morgan fingerprint density at radius 1 is 1.30 bits per heavy atom. The molecule has 1 atom stereocenters. The van der Waals surface area contributed by atoms with Crippen LogP contribution in [0.3, 0.4) is 0 Å². The largest absolute Gasteiger partial charge is 0.382 e. The van der Waals surface area contributed by atoms with Crippen molar-refractivity contribution in [3.05, 3.63) is 35.9 Å². The van der Waals surface area contributed by atoms with Gasteiger partial charge in [-0.2, -0.15) is 0 Å². The number of hydrogen-bond donors (Lipinski definition) is 1. The minimum atomic E-state index is 0.0703. The van der Waals surface area contributed by atoms with Crippen LogP contribution in [0.4, 0.5) is 5.82 Å². The Labute approximate surface area is 120 Å². The third kappa shape index (κ3) is 3.68. The van der Waals surface area contributed by atoms with E-state index in [-0.39, 0.29) is 6.10 Å². The van der Waals surface area contributed by atoms with Gasteiger partial charge in [0.1, 0.15) is 5.82 Å². The first-order valence-electron chi connectivity index (χ1n) is 6.97. The summed E-state index contributed by atoms with van der Waals surface area (Å²) in [5.41, 5.74) is 2.07. The van der Waals surface area contributed by atoms with Crippen LogP contribution in [-0.4, -0.2) is 31.3 Å². The molecule has 0 amide bonds. The number of nitrogens with zero attached hydrogens (tertiary/aromatic N) is 1. The number of ether oxygens (including phenoxy) is 2. The molecule has 0 aliphatic rings. The van der Waals surface area contributed by atoms with E-state index in [1.807, 2.05) is 25.1 Å². The van der Waals surface area contributed by atoms with Gasteiger partial charge in [-0.25, -0.2) is 4.98 Å². The van der Waals surface area contributed by atoms with Gasteiger partial charge in [0.15, 0.2) is 0 Å². The first kappa shape index (κ1) is 14.8. The molecule has 2 aromatic rings. The zero-order valence-corrected chi connectivity index (χ0v) is 12.3. The van der Waals surface area contributed by atoms with Gasteiger partial charge in [-0.05, 0) is 26.0 Å². The maximum absolute atomic E-state index is 5.80. The van der Waals surface area contributed by atoms with Crippen molar-refractivity contribution in [2.24, 2.45) is 0 Å². The van der Waals surface area contributed by atoms with Gasteiger partial charge in [-0.3, -0.25) is 0 Å². The SMILES string of the molecule is CCNc1nc2ccccc2cc1COC(C)COC. The molecule has 0 spiro atoms. The van der Waals surface area contributed by atoms with Crippen LogP contribution < -0.4 is 5.32 Å². The van der Waals surface area contributed by atoms with Gasteiger partial charge in [0.2, 0.25) is 0 Å². The topological polar surface area (TPSA) is 43.4 Å². The van der Waals surface area contributed by atoms with Crippen LogP contribution in [-0.2, 0) is 16.1 Å². The molecule has 0 aliphatic carbocycles. The molecule has 1 aromatic carbocycles. The van der Waals surface area contributed by atoms with Crippen LogP contribution in [0, 0.1) is 0 Å². The molecule has 2 rings (SSSR count). The van der Waals surface area contributed by atoms with Crippen molar-refractivity contribution < 1.29 is 9.47 Å². The van der Waals surface area contributed by atoms with Gasteiger partial charge in [-0.1, -0.05) is 18.2 Å². The zero-order chi connectivity index (χ0) is 14.4. The number of methoxy groups -OCH3 is 1. The van der Waals surface area contributed by atoms with Crippen LogP contribution >= 0.6 is 0 Å². The molecule has 1 unspecified atom stereocenters. The van der Waals surface area contributed by atoms with Crippen molar-refractivity contribution in [2.45, 2.75) is 26.6 Å². The molecule has 0 radical (unpaired) electrons. The Morgan fingerprint density at radius 3 is 2.85 bits per heavy atom. The minimum Gasteiger partial charge on any atom is -0.382 e. The molecule has 20 heavy (non-hydrogen) atoms. The molecule has 0 aliphatic heterocycles. The third-order valence-corrected chi connectivity index (χ3v) is 3.07. The lowest BCUT2D eigenvalue weighted by Gasteiger charge is -2.15. The van der Waals surface area contributed by atoms with E-state index in [1.54, 1.807) is 7.11 Å². The Morgan fingerprint density at radius 2 is 2.10 bits per heavy atom. The van der Waals surface area contributed by atoms with Gasteiger partial charge in [0.25, 0.3) is 0 Å². The Kier molecular flexibility index (Phi) is 5.32. The van der Waals surface area contributed by atoms with E-state index in [1.165, 1.54) is 0 Å². The second-order valence-electron chi connectivity index (χ2n) is 4.80. The summed E-state index contributed by atoms with van der Waals surface area (Å²) in [5, 5.41) is 4.43. The van der Waals surface area contributed by atoms with E-state index >= 15 is 0 Å². The number of pyridine rings is 1. The first-order valence-corrected chi connectivity index (χ1v) is 6.97. The normalized spacial score (nSPS) is 12.6. The smallest absolute Gasteiger partial charge is 0.132 e. The van der Waals surface area contributed by atoms with Crippen LogP contribution in [0.15, 0.2) is 30.3 Å². The number of hydrogen-bond acceptors (Lipinski definition) is 4. The van der Waals surface area contributed by atoms with E-state index in [2.05, 4.69) is 29.4 Å². The first-order chi connectivity index (χ1) is 9.74. The Balaban J connectivity index is 2.22. The molecule has 0 saturated carbocycles. The molecule has 0 bridgehead atoms. The van der Waals surface area contributed by atoms with E-state index < -0.39 is 0 Å². The Hall–Kier alpha value is -1.65. The summed E-state index contributed by atoms with van der Waals surface area (Å²) >= 11 is 0. The monoisotopic (exact) mass is 274 g/mol. The van der Waals surface area contributed by atoms with Gasteiger partial charge < -0.3 is 14.8 Å². The number of anilines is 1. The second kappa shape index (κ2) is 7.22. The number of para-hydroxylation sites is 1. The predicted molar refractivity (Wildman–Crippen MR) is 82.0 cm³/mol. The summed E-state index contributed by atoms with van der Waals surface area (Å²) in [7, 11) is 1.68. The standard InChI is InChI=1S/C16H22N2O2/c1-4-17-16-14(11-20-12(2)10-19-3)9-13-7-5-6-8-15(13)18-16/h5-9,12H,4,10-11H2,1-3H3,(H,17,18). The van der Waals surface area contributed by atoms with Gasteiger partial charge in [-0.15, -0.1) is 0 Å². The predicted octanol–water partition coefficient (Wildman–Crippen LogP) is 3.22. The molecule has 1 heterocycles. The maximum atomic E-state index is 5.80. The quantitative estimate of drug-likeness (QED) is 0.842. The average Bonchev–Trinajstić information content (AvgIpc) is 2.45. The fraction of sp³-hybridized carbons (Fsp3) is 0.438. The summed E-state index contributed by atoms with van der Waals surface area (Å²) in [6, 6.07) is 10.3. The highest BCUT2D eigenvalue weighted by Crippen LogP contribution is 2.21. The summed E-state index contributed by atoms with van der Waals surface area (Å²) in [6.45, 7) is 6.04. The molecule has 108 valence electrons. The number of aromatic nitrogens is 1. The molecular weight excluding hydrogens is 252 g/mol. The maximum Gasteiger partial charge on any atom is 0.132 e. The fourth-order valence-electron chi connectivity index (χ4n) is 2.11. The fourth-order valence-corrected chi connectivity index (χ4v) is 2.11. The second-order valence-corrected chi connectivity index (χ2v) is 4.80. The molecule has 0 saturated heterocycles. The Bertz CT molecular complexity index is 557. The summed E-state index contributed by atoms with van der Waals surface area (Å²) in [5.74, 6) is 0.899. The van der Waals surface area contributed by atoms with E-state index in [4.69, 9.17) is 9.47 Å². The highest BCUT2D eigenvalue weighted by Gasteiger charge is 2.08. The lowest BCUT2D eigenvalue weighted by atomic mass is 10.1. The molecule has 1 N–H and O–H groups in total. The van der Waals surface area contributed by atoms with E-state index in [9.17, 15) is 0 Å². The average molecular weight is 274 g/mol. The molecule has 1 aromatic heterocycles. The highest BCUT2D eigenvalue weighted by atomic mass is 16.5. The van der Waals surface area contributed by atoms with Crippen LogP contribution in [0.5, 0.6) is 0 Å². The van der Waals surface area contributed by atoms with Crippen molar-refractivity contribution in [2.75, 3.05) is 25.6 Å². The summed E-state index contributed by atoms with van der Waals surface area (Å²) in [6.07, 6.45) is 0.0703. The van der Waals surface area contributed by atoms with Crippen molar-refractivity contribution in [1.82, 2.24) is 4.98 Å². The van der Waals surface area contributed by atoms with Gasteiger partial charge in [0.05, 0.1) is 24.8 Å². The molecule has 0 fully saturated rings. The van der Waals surface area contributed by atoms with E-state index in [0.29, 0.717) is 13.2 Å². The van der Waals surface area contributed by atoms with Crippen molar-refractivity contribution in [1.29, 1.82) is 0 Å². The van der Waals surface area contributed by atoms with Crippen molar-refractivity contribution in [3.8, 4) is 0 Å². The molecule has 4 heteroatoms. The van der Waals surface area contributed by atoms with Gasteiger partial charge in [0, 0.05) is 24.6 Å².